The van der Waals surface area contributed by atoms with Gasteiger partial charge in [0.15, 0.2) is 0 Å². The molecule has 0 fully saturated rings. The molecule has 2 rings (SSSR count). The molecule has 0 unspecified atom stereocenters. The van der Waals surface area contributed by atoms with Crippen molar-refractivity contribution in [3.8, 4) is 0 Å². The summed E-state index contributed by atoms with van der Waals surface area (Å²) in [5.41, 5.74) is 1.53. The summed E-state index contributed by atoms with van der Waals surface area (Å²) in [6, 6.07) is 12.0. The van der Waals surface area contributed by atoms with Gasteiger partial charge in [0.05, 0.1) is 0 Å². The summed E-state index contributed by atoms with van der Waals surface area (Å²) >= 11 is 0. The van der Waals surface area contributed by atoms with Crippen LogP contribution in [0.25, 0.3) is 0 Å². The Balaban J connectivity index is 0.00000162. The summed E-state index contributed by atoms with van der Waals surface area (Å²) in [6.45, 7) is 0. The van der Waals surface area contributed by atoms with Gasteiger partial charge in [0.1, 0.15) is 23.0 Å². The van der Waals surface area contributed by atoms with Gasteiger partial charge in [-0.1, -0.05) is 0 Å². The van der Waals surface area contributed by atoms with Crippen molar-refractivity contribution in [3.63, 3.8) is 0 Å². The van der Waals surface area contributed by atoms with Crippen LogP contribution in [0.3, 0.4) is 0 Å². The molecule has 0 saturated carbocycles. The zero-order valence-electron chi connectivity index (χ0n) is 9.33. The summed E-state index contributed by atoms with van der Waals surface area (Å²) in [5, 5.41) is 2.94. The summed E-state index contributed by atoms with van der Waals surface area (Å²) < 4.78 is 25.2. The van der Waals surface area contributed by atoms with Crippen molar-refractivity contribution in [2.75, 3.05) is 5.32 Å². The van der Waals surface area contributed by atoms with Crippen molar-refractivity contribution in [2.24, 2.45) is 0 Å². The van der Waals surface area contributed by atoms with Gasteiger partial charge in [-0.25, -0.2) is 19.1 Å². The Morgan fingerprint density at radius 3 is 1.89 bits per heavy atom. The average molecular weight is 269 g/mol. The second-order valence-corrected chi connectivity index (χ2v) is 3.45. The summed E-state index contributed by atoms with van der Waals surface area (Å²) in [6.07, 6.45) is 1.60. The minimum absolute atomic E-state index is 0. The lowest BCUT2D eigenvalue weighted by molar-refractivity contribution is -0.347. The van der Waals surface area contributed by atoms with Crippen LogP contribution in [0.5, 0.6) is 0 Å². The minimum atomic E-state index is -0.276. The van der Waals surface area contributed by atoms with Crippen LogP contribution in [-0.4, -0.2) is 6.34 Å². The summed E-state index contributed by atoms with van der Waals surface area (Å²) in [7, 11) is 0. The third-order valence-corrected chi connectivity index (χ3v) is 2.17. The molecule has 0 heterocycles. The molecule has 0 bridgehead atoms. The van der Waals surface area contributed by atoms with Crippen molar-refractivity contribution in [3.05, 3.63) is 60.2 Å². The lowest BCUT2D eigenvalue weighted by Crippen LogP contribution is -3.00. The van der Waals surface area contributed by atoms with E-state index >= 15 is 0 Å². The van der Waals surface area contributed by atoms with E-state index in [0.29, 0.717) is 0 Å². The number of hydrogen-bond donors (Lipinski definition) is 2. The molecule has 0 aliphatic heterocycles. The van der Waals surface area contributed by atoms with Crippen LogP contribution in [0, 0.1) is 11.6 Å². The van der Waals surface area contributed by atoms with E-state index in [1.165, 1.54) is 24.3 Å². The van der Waals surface area contributed by atoms with Gasteiger partial charge in [0, 0.05) is 0 Å². The maximum absolute atomic E-state index is 12.6. The van der Waals surface area contributed by atoms with Gasteiger partial charge in [-0.2, -0.15) is 0 Å². The first kappa shape index (κ1) is 14.1. The van der Waals surface area contributed by atoms with E-state index in [0.717, 1.165) is 11.4 Å². The van der Waals surface area contributed by atoms with E-state index in [1.54, 1.807) is 30.6 Å². The zero-order valence-corrected chi connectivity index (χ0v) is 10.1. The van der Waals surface area contributed by atoms with Gasteiger partial charge in [-0.15, -0.1) is 0 Å². The Hall–Kier alpha value is -1.94. The molecule has 0 spiro atoms. The molecular formula is C13H11ClF2N2. The van der Waals surface area contributed by atoms with Crippen molar-refractivity contribution in [1.29, 1.82) is 0 Å². The topological polar surface area (TPSA) is 26.0 Å². The lowest BCUT2D eigenvalue weighted by Gasteiger charge is -1.93. The molecule has 0 atom stereocenters. The highest BCUT2D eigenvalue weighted by Crippen LogP contribution is 2.06. The molecule has 0 aliphatic rings. The molecular weight excluding hydrogens is 258 g/mol. The molecule has 94 valence electrons. The highest BCUT2D eigenvalue weighted by molar-refractivity contribution is 5.71. The number of rotatable bonds is 3. The van der Waals surface area contributed by atoms with Crippen LogP contribution in [-0.2, 0) is 0 Å². The zero-order chi connectivity index (χ0) is 12.1. The molecule has 0 saturated heterocycles. The first-order valence-electron chi connectivity index (χ1n) is 5.10. The fraction of sp³-hybridized carbons (Fsp3) is 0. The molecule has 5 heteroatoms. The van der Waals surface area contributed by atoms with Crippen molar-refractivity contribution in [2.45, 2.75) is 0 Å². The van der Waals surface area contributed by atoms with Gasteiger partial charge < -0.3 is 12.4 Å². The first-order valence-corrected chi connectivity index (χ1v) is 5.10. The second-order valence-electron chi connectivity index (χ2n) is 3.45. The Labute approximate surface area is 110 Å². The van der Waals surface area contributed by atoms with E-state index in [-0.39, 0.29) is 24.0 Å². The Kier molecular flexibility index (Phi) is 5.27. The van der Waals surface area contributed by atoms with Gasteiger partial charge in [0.2, 0.25) is 6.34 Å². The quantitative estimate of drug-likeness (QED) is 0.532. The van der Waals surface area contributed by atoms with Crippen LogP contribution in [0.1, 0.15) is 0 Å². The van der Waals surface area contributed by atoms with Crippen molar-refractivity contribution >= 4 is 17.7 Å². The Morgan fingerprint density at radius 2 is 1.33 bits per heavy atom. The fourth-order valence-electron chi connectivity index (χ4n) is 1.29. The number of halogens is 3. The van der Waals surface area contributed by atoms with E-state index in [4.69, 9.17) is 0 Å². The van der Waals surface area contributed by atoms with Gasteiger partial charge in [-0.05, 0) is 48.5 Å². The van der Waals surface area contributed by atoms with Gasteiger partial charge in [0.25, 0.3) is 0 Å². The minimum Gasteiger partial charge on any atom is -1.00 e. The van der Waals surface area contributed by atoms with E-state index in [2.05, 4.69) is 10.3 Å². The van der Waals surface area contributed by atoms with E-state index in [9.17, 15) is 8.78 Å². The van der Waals surface area contributed by atoms with E-state index in [1.807, 2.05) is 0 Å². The molecule has 2 aromatic rings. The van der Waals surface area contributed by atoms with Crippen LogP contribution >= 0.6 is 0 Å². The number of anilines is 1. The molecule has 0 aromatic heterocycles. The third kappa shape index (κ3) is 4.14. The fourth-order valence-corrected chi connectivity index (χ4v) is 1.29. The molecule has 2 N–H and O–H groups in total. The van der Waals surface area contributed by atoms with Gasteiger partial charge >= 0.3 is 0 Å². The Bertz CT molecular complexity index is 510. The van der Waals surface area contributed by atoms with Crippen LogP contribution in [0.2, 0.25) is 0 Å². The molecule has 2 aromatic carbocycles. The van der Waals surface area contributed by atoms with Crippen LogP contribution < -0.4 is 22.7 Å². The SMILES string of the molecule is Fc1ccc(NC=[NH+]c2ccc(F)cc2)cc1.[Cl-]. The number of hydrogen-bond acceptors (Lipinski definition) is 0. The summed E-state index contributed by atoms with van der Waals surface area (Å²) in [4.78, 5) is 2.94. The molecule has 18 heavy (non-hydrogen) atoms. The normalized spacial score (nSPS) is 10.1. The Morgan fingerprint density at radius 1 is 0.833 bits per heavy atom. The van der Waals surface area contributed by atoms with Crippen molar-refractivity contribution < 1.29 is 26.2 Å². The monoisotopic (exact) mass is 268 g/mol. The summed E-state index contributed by atoms with van der Waals surface area (Å²) in [5.74, 6) is -0.552. The predicted molar refractivity (Wildman–Crippen MR) is 63.1 cm³/mol. The highest BCUT2D eigenvalue weighted by Gasteiger charge is 1.95. The standard InChI is InChI=1S/C13H10F2N2.ClH/c14-10-1-5-12(6-2-10)16-9-17-13-7-3-11(15)4-8-13;/h1-9H,(H,16,17);1H. The highest BCUT2D eigenvalue weighted by atomic mass is 35.5. The lowest BCUT2D eigenvalue weighted by atomic mass is 10.3. The van der Waals surface area contributed by atoms with Gasteiger partial charge in [-0.3, -0.25) is 0 Å². The predicted octanol–water partition coefficient (Wildman–Crippen LogP) is -1.18. The molecule has 0 radical (unpaired) electrons. The van der Waals surface area contributed by atoms with E-state index < -0.39 is 0 Å². The first-order chi connectivity index (χ1) is 8.24. The van der Waals surface area contributed by atoms with Crippen molar-refractivity contribution in [1.82, 2.24) is 0 Å². The molecule has 2 nitrogen and oxygen atoms in total. The van der Waals surface area contributed by atoms with Crippen LogP contribution in [0.4, 0.5) is 20.2 Å². The smallest absolute Gasteiger partial charge is 0.240 e. The largest absolute Gasteiger partial charge is 1.00 e. The number of nitrogens with one attached hydrogen (secondary N) is 2. The maximum Gasteiger partial charge on any atom is 0.240 e. The average Bonchev–Trinajstić information content (AvgIpc) is 2.34. The maximum atomic E-state index is 12.6. The third-order valence-electron chi connectivity index (χ3n) is 2.17. The molecule has 0 amide bonds. The van der Waals surface area contributed by atoms with Crippen LogP contribution in [0.15, 0.2) is 48.5 Å². The second kappa shape index (κ2) is 6.71. The number of benzene rings is 2. The molecule has 0 aliphatic carbocycles.